The summed E-state index contributed by atoms with van der Waals surface area (Å²) in [5.41, 5.74) is 0.764. The van der Waals surface area contributed by atoms with Crippen molar-refractivity contribution in [1.29, 1.82) is 0 Å². The fourth-order valence-corrected chi connectivity index (χ4v) is 3.30. The molecule has 0 bridgehead atoms. The molecule has 10 nitrogen and oxygen atoms in total. The fraction of sp³-hybridized carbons (Fsp3) is 0.368. The number of rotatable bonds is 4. The monoisotopic (exact) mass is 395 g/mol. The van der Waals surface area contributed by atoms with Gasteiger partial charge in [0.15, 0.2) is 5.65 Å². The van der Waals surface area contributed by atoms with Crippen LogP contribution in [0.4, 0.5) is 0 Å². The van der Waals surface area contributed by atoms with Gasteiger partial charge in [0.25, 0.3) is 11.8 Å². The zero-order valence-corrected chi connectivity index (χ0v) is 15.9. The summed E-state index contributed by atoms with van der Waals surface area (Å²) < 4.78 is 1.54. The maximum atomic E-state index is 12.8. The quantitative estimate of drug-likeness (QED) is 0.642. The first-order valence-electron chi connectivity index (χ1n) is 9.32. The number of piperidine rings is 1. The highest BCUT2D eigenvalue weighted by Gasteiger charge is 2.40. The van der Waals surface area contributed by atoms with Gasteiger partial charge in [-0.25, -0.2) is 9.50 Å². The van der Waals surface area contributed by atoms with Crippen molar-refractivity contribution in [2.45, 2.75) is 31.9 Å². The number of nitrogens with one attached hydrogen (secondary N) is 1. The van der Waals surface area contributed by atoms with Crippen molar-refractivity contribution in [3.05, 3.63) is 54.0 Å². The Balaban J connectivity index is 1.36. The average molecular weight is 395 g/mol. The van der Waals surface area contributed by atoms with Crippen molar-refractivity contribution in [1.82, 2.24) is 34.8 Å². The van der Waals surface area contributed by atoms with Gasteiger partial charge in [-0.15, -0.1) is 0 Å². The summed E-state index contributed by atoms with van der Waals surface area (Å²) in [5.74, 6) is -0.680. The predicted molar refractivity (Wildman–Crippen MR) is 102 cm³/mol. The van der Waals surface area contributed by atoms with Crippen LogP contribution in [0, 0.1) is 6.92 Å². The van der Waals surface area contributed by atoms with E-state index >= 15 is 0 Å². The Morgan fingerprint density at radius 1 is 1.17 bits per heavy atom. The van der Waals surface area contributed by atoms with Crippen molar-refractivity contribution in [2.75, 3.05) is 13.1 Å². The molecule has 3 aromatic heterocycles. The summed E-state index contributed by atoms with van der Waals surface area (Å²) >= 11 is 0. The van der Waals surface area contributed by atoms with Gasteiger partial charge < -0.3 is 15.3 Å². The van der Waals surface area contributed by atoms with E-state index < -0.39 is 11.5 Å². The first-order chi connectivity index (χ1) is 14.0. The molecular formula is C19H21N7O3. The average Bonchev–Trinajstić information content (AvgIpc) is 3.17. The smallest absolute Gasteiger partial charge is 0.259 e. The van der Waals surface area contributed by atoms with Crippen molar-refractivity contribution in [2.24, 2.45) is 0 Å². The highest BCUT2D eigenvalue weighted by molar-refractivity contribution is 5.99. The third-order valence-electron chi connectivity index (χ3n) is 5.07. The lowest BCUT2D eigenvalue weighted by Crippen LogP contribution is -2.54. The summed E-state index contributed by atoms with van der Waals surface area (Å²) in [5, 5.41) is 17.6. The van der Waals surface area contributed by atoms with Crippen LogP contribution in [0.15, 0.2) is 37.1 Å². The lowest BCUT2D eigenvalue weighted by atomic mass is 9.90. The number of carbonyl (C=O) groups is 2. The highest BCUT2D eigenvalue weighted by Crippen LogP contribution is 2.24. The second-order valence-electron chi connectivity index (χ2n) is 7.10. The van der Waals surface area contributed by atoms with Crippen LogP contribution < -0.4 is 5.32 Å². The van der Waals surface area contributed by atoms with Crippen molar-refractivity contribution in [3.8, 4) is 0 Å². The Morgan fingerprint density at radius 2 is 1.97 bits per heavy atom. The summed E-state index contributed by atoms with van der Waals surface area (Å²) in [6, 6.07) is 1.73. The van der Waals surface area contributed by atoms with Crippen LogP contribution in [0.3, 0.4) is 0 Å². The summed E-state index contributed by atoms with van der Waals surface area (Å²) in [6.45, 7) is 2.54. The lowest BCUT2D eigenvalue weighted by molar-refractivity contribution is -0.144. The maximum absolute atomic E-state index is 12.8. The van der Waals surface area contributed by atoms with Crippen LogP contribution in [-0.2, 0) is 11.3 Å². The molecule has 3 aromatic rings. The van der Waals surface area contributed by atoms with E-state index in [1.54, 1.807) is 35.8 Å². The Hall–Kier alpha value is -3.40. The zero-order valence-electron chi connectivity index (χ0n) is 15.9. The lowest BCUT2D eigenvalue weighted by Gasteiger charge is -2.36. The van der Waals surface area contributed by atoms with Crippen LogP contribution in [0.1, 0.15) is 34.6 Å². The molecule has 0 saturated carbocycles. The molecule has 0 aromatic carbocycles. The number of amides is 2. The molecule has 0 unspecified atom stereocenters. The minimum absolute atomic E-state index is 0.150. The molecule has 1 saturated heterocycles. The van der Waals surface area contributed by atoms with Gasteiger partial charge >= 0.3 is 0 Å². The number of aromatic nitrogens is 5. The highest BCUT2D eigenvalue weighted by atomic mass is 16.3. The van der Waals surface area contributed by atoms with E-state index in [2.05, 4.69) is 25.4 Å². The number of aryl methyl sites for hydroxylation is 1. The second-order valence-corrected chi connectivity index (χ2v) is 7.10. The topological polar surface area (TPSA) is 126 Å². The van der Waals surface area contributed by atoms with Crippen LogP contribution >= 0.6 is 0 Å². The SMILES string of the molecule is Cc1cnc(CNC(=O)C2(O)CCN(C(=O)c3cnn4cccnc34)CC2)cn1. The standard InChI is InChI=1S/C19H21N7O3/c1-13-9-22-14(10-21-13)11-23-18(28)19(29)3-7-25(8-4-19)17(27)15-12-24-26-6-2-5-20-16(15)26/h2,5-6,9-10,12,29H,3-4,7-8,11H2,1H3,(H,23,28). The Bertz CT molecular complexity index is 1040. The predicted octanol–water partition coefficient (Wildman–Crippen LogP) is 0.111. The second kappa shape index (κ2) is 7.55. The molecule has 1 fully saturated rings. The molecule has 10 heteroatoms. The third kappa shape index (κ3) is 3.79. The molecule has 2 N–H and O–H groups in total. The molecule has 0 aliphatic carbocycles. The van der Waals surface area contributed by atoms with Crippen LogP contribution in [0.5, 0.6) is 0 Å². The molecule has 1 aliphatic heterocycles. The fourth-order valence-electron chi connectivity index (χ4n) is 3.30. The number of nitrogens with zero attached hydrogens (tertiary/aromatic N) is 6. The van der Waals surface area contributed by atoms with E-state index in [1.165, 1.54) is 10.7 Å². The first-order valence-corrected chi connectivity index (χ1v) is 9.32. The molecule has 4 rings (SSSR count). The van der Waals surface area contributed by atoms with E-state index in [0.29, 0.717) is 16.9 Å². The number of hydrogen-bond donors (Lipinski definition) is 2. The number of aliphatic hydroxyl groups is 1. The number of fused-ring (bicyclic) bond motifs is 1. The van der Waals surface area contributed by atoms with E-state index in [0.717, 1.165) is 5.69 Å². The molecule has 0 radical (unpaired) electrons. The van der Waals surface area contributed by atoms with Gasteiger partial charge in [0, 0.05) is 44.5 Å². The molecule has 0 atom stereocenters. The van der Waals surface area contributed by atoms with Crippen molar-refractivity contribution >= 4 is 17.5 Å². The van der Waals surface area contributed by atoms with Crippen LogP contribution in [0.25, 0.3) is 5.65 Å². The summed E-state index contributed by atoms with van der Waals surface area (Å²) in [7, 11) is 0. The normalized spacial score (nSPS) is 16.0. The molecule has 150 valence electrons. The molecule has 0 spiro atoms. The first kappa shape index (κ1) is 18.9. The van der Waals surface area contributed by atoms with Crippen molar-refractivity contribution < 1.29 is 14.7 Å². The van der Waals surface area contributed by atoms with Crippen LogP contribution in [-0.4, -0.2) is 65.1 Å². The molecule has 1 aliphatic rings. The van der Waals surface area contributed by atoms with Gasteiger partial charge in [0.2, 0.25) is 0 Å². The van der Waals surface area contributed by atoms with Gasteiger partial charge in [-0.3, -0.25) is 19.6 Å². The van der Waals surface area contributed by atoms with Gasteiger partial charge in [-0.1, -0.05) is 0 Å². The number of likely N-dealkylation sites (tertiary alicyclic amines) is 1. The molecule has 4 heterocycles. The van der Waals surface area contributed by atoms with Gasteiger partial charge in [0.1, 0.15) is 11.2 Å². The molecule has 2 amide bonds. The Kier molecular flexibility index (Phi) is 4.93. The van der Waals surface area contributed by atoms with Crippen LogP contribution in [0.2, 0.25) is 0 Å². The van der Waals surface area contributed by atoms with Gasteiger partial charge in [0.05, 0.1) is 30.3 Å². The Labute approximate surface area is 166 Å². The zero-order chi connectivity index (χ0) is 20.4. The van der Waals surface area contributed by atoms with Crippen molar-refractivity contribution in [3.63, 3.8) is 0 Å². The van der Waals surface area contributed by atoms with Gasteiger partial charge in [-0.05, 0) is 13.0 Å². The largest absolute Gasteiger partial charge is 0.380 e. The van der Waals surface area contributed by atoms with E-state index in [4.69, 9.17) is 0 Å². The number of carbonyl (C=O) groups excluding carboxylic acids is 2. The summed E-state index contributed by atoms with van der Waals surface area (Å²) in [6.07, 6.45) is 8.32. The summed E-state index contributed by atoms with van der Waals surface area (Å²) in [4.78, 5) is 39.5. The van der Waals surface area contributed by atoms with E-state index in [-0.39, 0.29) is 38.4 Å². The minimum atomic E-state index is -1.52. The van der Waals surface area contributed by atoms with E-state index in [9.17, 15) is 14.7 Å². The molecular weight excluding hydrogens is 374 g/mol. The van der Waals surface area contributed by atoms with E-state index in [1.807, 2.05) is 6.92 Å². The minimum Gasteiger partial charge on any atom is -0.380 e. The van der Waals surface area contributed by atoms with Gasteiger partial charge in [-0.2, -0.15) is 5.10 Å². The Morgan fingerprint density at radius 3 is 2.69 bits per heavy atom. The number of hydrogen-bond acceptors (Lipinski definition) is 7. The third-order valence-corrected chi connectivity index (χ3v) is 5.07. The maximum Gasteiger partial charge on any atom is 0.259 e. The molecule has 29 heavy (non-hydrogen) atoms.